The highest BCUT2D eigenvalue weighted by Crippen LogP contribution is 2.29. The summed E-state index contributed by atoms with van der Waals surface area (Å²) in [7, 11) is 0. The molecule has 4 heteroatoms. The van der Waals surface area contributed by atoms with Crippen molar-refractivity contribution in [2.45, 2.75) is 39.2 Å². The molecule has 0 radical (unpaired) electrons. The zero-order valence-electron chi connectivity index (χ0n) is 12.2. The molecule has 0 fully saturated rings. The Labute approximate surface area is 126 Å². The van der Waals surface area contributed by atoms with E-state index in [2.05, 4.69) is 6.58 Å². The molecule has 0 bridgehead atoms. The third-order valence-corrected chi connectivity index (χ3v) is 3.08. The minimum absolute atomic E-state index is 0.460. The molecule has 0 aromatic heterocycles. The van der Waals surface area contributed by atoms with Crippen molar-refractivity contribution in [1.29, 1.82) is 0 Å². The maximum atomic E-state index is 5.90. The van der Waals surface area contributed by atoms with Crippen LogP contribution < -0.4 is 5.73 Å². The Morgan fingerprint density at radius 3 is 2.55 bits per heavy atom. The Morgan fingerprint density at radius 2 is 2.05 bits per heavy atom. The van der Waals surface area contributed by atoms with E-state index < -0.39 is 12.0 Å². The van der Waals surface area contributed by atoms with Gasteiger partial charge in [0.05, 0.1) is 6.26 Å². The van der Waals surface area contributed by atoms with Crippen molar-refractivity contribution in [3.05, 3.63) is 59.3 Å². The molecule has 2 atom stereocenters. The lowest BCUT2D eigenvalue weighted by molar-refractivity contribution is -0.225. The van der Waals surface area contributed by atoms with Crippen LogP contribution in [0, 0.1) is 0 Å². The summed E-state index contributed by atoms with van der Waals surface area (Å²) < 4.78 is 11.5. The molecule has 1 rings (SSSR count). The second-order valence-corrected chi connectivity index (χ2v) is 5.14. The van der Waals surface area contributed by atoms with Gasteiger partial charge in [0.25, 0.3) is 0 Å². The molecule has 1 aromatic rings. The van der Waals surface area contributed by atoms with Gasteiger partial charge in [0.2, 0.25) is 5.79 Å². The summed E-state index contributed by atoms with van der Waals surface area (Å²) >= 11 is 5.90. The number of ether oxygens (including phenoxy) is 2. The molecule has 110 valence electrons. The lowest BCUT2D eigenvalue weighted by Gasteiger charge is -2.31. The first kappa shape index (κ1) is 16.8. The molecule has 2 unspecified atom stereocenters. The van der Waals surface area contributed by atoms with Gasteiger partial charge in [0.15, 0.2) is 0 Å². The Bertz CT molecular complexity index is 468. The predicted molar refractivity (Wildman–Crippen MR) is 83.2 cm³/mol. The van der Waals surface area contributed by atoms with Crippen LogP contribution in [-0.2, 0) is 15.3 Å². The molecule has 0 heterocycles. The molecule has 0 aliphatic carbocycles. The van der Waals surface area contributed by atoms with E-state index in [0.717, 1.165) is 17.6 Å². The zero-order valence-corrected chi connectivity index (χ0v) is 13.0. The van der Waals surface area contributed by atoms with E-state index in [1.807, 2.05) is 32.1 Å². The van der Waals surface area contributed by atoms with E-state index in [9.17, 15) is 0 Å². The molecule has 0 spiro atoms. The Kier molecular flexibility index (Phi) is 6.27. The van der Waals surface area contributed by atoms with Crippen LogP contribution in [0.2, 0.25) is 5.02 Å². The highest BCUT2D eigenvalue weighted by atomic mass is 35.5. The van der Waals surface area contributed by atoms with Gasteiger partial charge in [0, 0.05) is 17.5 Å². The van der Waals surface area contributed by atoms with Gasteiger partial charge in [0.1, 0.15) is 6.23 Å². The molecule has 0 saturated carbocycles. The third kappa shape index (κ3) is 5.00. The van der Waals surface area contributed by atoms with E-state index >= 15 is 0 Å². The van der Waals surface area contributed by atoms with Gasteiger partial charge in [-0.3, -0.25) is 0 Å². The molecule has 0 aliphatic heterocycles. The van der Waals surface area contributed by atoms with Crippen LogP contribution >= 0.6 is 11.6 Å². The van der Waals surface area contributed by atoms with Crippen LogP contribution in [-0.4, -0.2) is 6.23 Å². The van der Waals surface area contributed by atoms with Gasteiger partial charge in [-0.25, -0.2) is 0 Å². The van der Waals surface area contributed by atoms with Crippen LogP contribution in [0.5, 0.6) is 0 Å². The molecule has 0 saturated heterocycles. The molecular weight excluding hydrogens is 274 g/mol. The summed E-state index contributed by atoms with van der Waals surface area (Å²) in [5, 5.41) is 0.659. The largest absolute Gasteiger partial charge is 0.466 e. The lowest BCUT2D eigenvalue weighted by atomic mass is 10.1. The second kappa shape index (κ2) is 7.48. The first-order valence-electron chi connectivity index (χ1n) is 6.59. The third-order valence-electron chi connectivity index (χ3n) is 2.83. The van der Waals surface area contributed by atoms with Crippen molar-refractivity contribution < 1.29 is 9.47 Å². The van der Waals surface area contributed by atoms with Gasteiger partial charge in [-0.2, -0.15) is 0 Å². The molecule has 20 heavy (non-hydrogen) atoms. The van der Waals surface area contributed by atoms with Crippen molar-refractivity contribution in [3.63, 3.8) is 0 Å². The van der Waals surface area contributed by atoms with Crippen LogP contribution in [0.1, 0.15) is 32.8 Å². The molecule has 2 N–H and O–H groups in total. The highest BCUT2D eigenvalue weighted by molar-refractivity contribution is 6.30. The fraction of sp³-hybridized carbons (Fsp3) is 0.375. The predicted octanol–water partition coefficient (Wildman–Crippen LogP) is 4.33. The topological polar surface area (TPSA) is 44.5 Å². The Balaban J connectivity index is 2.94. The normalized spacial score (nSPS) is 15.8. The Morgan fingerprint density at radius 1 is 1.45 bits per heavy atom. The average Bonchev–Trinajstić information content (AvgIpc) is 2.38. The zero-order chi connectivity index (χ0) is 15.2. The first-order valence-corrected chi connectivity index (χ1v) is 6.96. The van der Waals surface area contributed by atoms with Crippen LogP contribution in [0.4, 0.5) is 0 Å². The SMILES string of the molecule is C=C(/C=C/OC(C)(OC(C)N)c1ccc(Cl)cc1)CC. The number of hydrogen-bond acceptors (Lipinski definition) is 3. The maximum absolute atomic E-state index is 5.90. The van der Waals surface area contributed by atoms with Crippen molar-refractivity contribution in [2.24, 2.45) is 5.73 Å². The molecule has 0 aliphatic rings. The van der Waals surface area contributed by atoms with E-state index in [4.69, 9.17) is 26.8 Å². The average molecular weight is 296 g/mol. The minimum atomic E-state index is -0.969. The summed E-state index contributed by atoms with van der Waals surface area (Å²) in [5.74, 6) is -0.969. The first-order chi connectivity index (χ1) is 9.37. The van der Waals surface area contributed by atoms with Gasteiger partial charge in [-0.15, -0.1) is 0 Å². The van der Waals surface area contributed by atoms with E-state index in [0.29, 0.717) is 5.02 Å². The number of benzene rings is 1. The number of allylic oxidation sites excluding steroid dienone is 2. The summed E-state index contributed by atoms with van der Waals surface area (Å²) in [5.41, 5.74) is 7.55. The fourth-order valence-electron chi connectivity index (χ4n) is 1.65. The van der Waals surface area contributed by atoms with Crippen molar-refractivity contribution in [2.75, 3.05) is 0 Å². The summed E-state index contributed by atoms with van der Waals surface area (Å²) in [6, 6.07) is 7.29. The van der Waals surface area contributed by atoms with Gasteiger partial charge >= 0.3 is 0 Å². The Hall–Kier alpha value is -1.29. The summed E-state index contributed by atoms with van der Waals surface area (Å²) in [4.78, 5) is 0. The van der Waals surface area contributed by atoms with E-state index in [1.165, 1.54) is 0 Å². The van der Waals surface area contributed by atoms with Gasteiger partial charge in [-0.1, -0.05) is 42.8 Å². The quantitative estimate of drug-likeness (QED) is 0.462. The number of nitrogens with two attached hydrogens (primary N) is 1. The summed E-state index contributed by atoms with van der Waals surface area (Å²) in [6.45, 7) is 9.49. The molecular formula is C16H22ClNO2. The van der Waals surface area contributed by atoms with Gasteiger partial charge < -0.3 is 15.2 Å². The lowest BCUT2D eigenvalue weighted by Crippen LogP contribution is -2.35. The monoisotopic (exact) mass is 295 g/mol. The smallest absolute Gasteiger partial charge is 0.235 e. The highest BCUT2D eigenvalue weighted by Gasteiger charge is 2.30. The fourth-order valence-corrected chi connectivity index (χ4v) is 1.78. The maximum Gasteiger partial charge on any atom is 0.235 e. The molecule has 1 aromatic carbocycles. The molecule has 3 nitrogen and oxygen atoms in total. The van der Waals surface area contributed by atoms with Crippen molar-refractivity contribution >= 4 is 11.6 Å². The van der Waals surface area contributed by atoms with E-state index in [1.54, 1.807) is 25.3 Å². The van der Waals surface area contributed by atoms with Crippen LogP contribution in [0.25, 0.3) is 0 Å². The van der Waals surface area contributed by atoms with Crippen molar-refractivity contribution in [3.8, 4) is 0 Å². The number of halogens is 1. The summed E-state index contributed by atoms with van der Waals surface area (Å²) in [6.07, 6.45) is 3.81. The minimum Gasteiger partial charge on any atom is -0.466 e. The number of rotatable bonds is 7. The number of hydrogen-bond donors (Lipinski definition) is 1. The second-order valence-electron chi connectivity index (χ2n) is 4.71. The van der Waals surface area contributed by atoms with E-state index in [-0.39, 0.29) is 0 Å². The van der Waals surface area contributed by atoms with Gasteiger partial charge in [-0.05, 0) is 31.6 Å². The van der Waals surface area contributed by atoms with Crippen LogP contribution in [0.3, 0.4) is 0 Å². The van der Waals surface area contributed by atoms with Crippen molar-refractivity contribution in [1.82, 2.24) is 0 Å². The molecule has 0 amide bonds. The van der Waals surface area contributed by atoms with Crippen LogP contribution in [0.15, 0.2) is 48.8 Å². The standard InChI is InChI=1S/C16H22ClNO2/c1-5-12(2)10-11-19-16(4,20-13(3)18)14-6-8-15(17)9-7-14/h6-11,13H,2,5,18H2,1,3-4H3/b11-10+.